The molecule has 1 N–H and O–H groups in total. The minimum Gasteiger partial charge on any atom is -0.488 e. The summed E-state index contributed by atoms with van der Waals surface area (Å²) in [5.74, 6) is 0.930. The van der Waals surface area contributed by atoms with Gasteiger partial charge in [-0.2, -0.15) is 0 Å². The van der Waals surface area contributed by atoms with Gasteiger partial charge in [-0.1, -0.05) is 17.7 Å². The fourth-order valence-electron chi connectivity index (χ4n) is 3.30. The average molecular weight is 314 g/mol. The van der Waals surface area contributed by atoms with Crippen LogP contribution in [0, 0.1) is 17.7 Å². The lowest BCUT2D eigenvalue weighted by Crippen LogP contribution is -2.39. The summed E-state index contributed by atoms with van der Waals surface area (Å²) in [4.78, 5) is 0. The van der Waals surface area contributed by atoms with Crippen LogP contribution in [-0.2, 0) is 4.74 Å². The third-order valence-corrected chi connectivity index (χ3v) is 4.84. The summed E-state index contributed by atoms with van der Waals surface area (Å²) < 4.78 is 25.2. The second-order valence-electron chi connectivity index (χ2n) is 5.84. The van der Waals surface area contributed by atoms with E-state index in [4.69, 9.17) is 21.1 Å². The van der Waals surface area contributed by atoms with Gasteiger partial charge in [-0.25, -0.2) is 4.39 Å². The molecule has 21 heavy (non-hydrogen) atoms. The van der Waals surface area contributed by atoms with Gasteiger partial charge in [0.25, 0.3) is 0 Å². The van der Waals surface area contributed by atoms with Crippen LogP contribution in [0.4, 0.5) is 4.39 Å². The number of rotatable bonds is 4. The Morgan fingerprint density at radius 1 is 1.24 bits per heavy atom. The van der Waals surface area contributed by atoms with Crippen molar-refractivity contribution in [2.75, 3.05) is 26.3 Å². The SMILES string of the molecule is Fc1cccc(O[C@H](C2CCOCC2)C2CCNC2)c1Cl. The predicted molar refractivity (Wildman–Crippen MR) is 80.3 cm³/mol. The molecule has 1 aromatic carbocycles. The fourth-order valence-corrected chi connectivity index (χ4v) is 3.47. The Kier molecular flexibility index (Phi) is 4.99. The molecule has 0 radical (unpaired) electrons. The van der Waals surface area contributed by atoms with E-state index in [9.17, 15) is 4.39 Å². The number of hydrogen-bond donors (Lipinski definition) is 1. The van der Waals surface area contributed by atoms with Gasteiger partial charge in [0.2, 0.25) is 0 Å². The van der Waals surface area contributed by atoms with E-state index in [0.717, 1.165) is 45.6 Å². The Bertz CT molecular complexity index is 473. The number of ether oxygens (including phenoxy) is 2. The van der Waals surface area contributed by atoms with Crippen molar-refractivity contribution in [3.63, 3.8) is 0 Å². The van der Waals surface area contributed by atoms with E-state index in [-0.39, 0.29) is 11.1 Å². The van der Waals surface area contributed by atoms with Crippen LogP contribution in [0.15, 0.2) is 18.2 Å². The molecular formula is C16H21ClFNO2. The standard InChI is InChI=1S/C16H21ClFNO2/c17-15-13(18)2-1-3-14(15)21-16(12-4-7-19-10-12)11-5-8-20-9-6-11/h1-3,11-12,16,19H,4-10H2/t12?,16-/m1/s1. The number of halogens is 2. The third kappa shape index (κ3) is 3.50. The van der Waals surface area contributed by atoms with E-state index in [1.165, 1.54) is 6.07 Å². The monoisotopic (exact) mass is 313 g/mol. The topological polar surface area (TPSA) is 30.5 Å². The van der Waals surface area contributed by atoms with E-state index in [1.807, 2.05) is 0 Å². The lowest BCUT2D eigenvalue weighted by molar-refractivity contribution is -0.00140. The molecule has 0 saturated carbocycles. The van der Waals surface area contributed by atoms with Crippen molar-refractivity contribution in [2.45, 2.75) is 25.4 Å². The summed E-state index contributed by atoms with van der Waals surface area (Å²) in [6.07, 6.45) is 3.15. The fraction of sp³-hybridized carbons (Fsp3) is 0.625. The van der Waals surface area contributed by atoms with Gasteiger partial charge < -0.3 is 14.8 Å². The number of hydrogen-bond acceptors (Lipinski definition) is 3. The van der Waals surface area contributed by atoms with Crippen LogP contribution in [0.5, 0.6) is 5.75 Å². The van der Waals surface area contributed by atoms with Gasteiger partial charge >= 0.3 is 0 Å². The zero-order chi connectivity index (χ0) is 14.7. The van der Waals surface area contributed by atoms with Gasteiger partial charge in [0.1, 0.15) is 22.7 Å². The second-order valence-corrected chi connectivity index (χ2v) is 6.22. The molecule has 0 spiro atoms. The smallest absolute Gasteiger partial charge is 0.145 e. The minimum absolute atomic E-state index is 0.0724. The quantitative estimate of drug-likeness (QED) is 0.925. The molecule has 2 aliphatic rings. The molecule has 5 heteroatoms. The van der Waals surface area contributed by atoms with Gasteiger partial charge in [0.05, 0.1) is 0 Å². The molecular weight excluding hydrogens is 293 g/mol. The highest BCUT2D eigenvalue weighted by Crippen LogP contribution is 2.34. The molecule has 3 nitrogen and oxygen atoms in total. The van der Waals surface area contributed by atoms with Crippen LogP contribution in [-0.4, -0.2) is 32.4 Å². The highest BCUT2D eigenvalue weighted by molar-refractivity contribution is 6.32. The van der Waals surface area contributed by atoms with E-state index in [2.05, 4.69) is 5.32 Å². The summed E-state index contributed by atoms with van der Waals surface area (Å²) in [5, 5.41) is 3.47. The lowest BCUT2D eigenvalue weighted by Gasteiger charge is -2.34. The molecule has 2 aliphatic heterocycles. The molecule has 0 amide bonds. The van der Waals surface area contributed by atoms with Crippen molar-refractivity contribution in [3.05, 3.63) is 29.0 Å². The van der Waals surface area contributed by atoms with Gasteiger partial charge in [-0.05, 0) is 37.9 Å². The van der Waals surface area contributed by atoms with Crippen LogP contribution in [0.3, 0.4) is 0 Å². The summed E-state index contributed by atoms with van der Waals surface area (Å²) in [7, 11) is 0. The molecule has 3 rings (SSSR count). The first-order chi connectivity index (χ1) is 10.3. The number of nitrogens with one attached hydrogen (secondary N) is 1. The van der Waals surface area contributed by atoms with Crippen molar-refractivity contribution >= 4 is 11.6 Å². The summed E-state index contributed by atoms with van der Waals surface area (Å²) in [6.45, 7) is 3.53. The Morgan fingerprint density at radius 3 is 2.76 bits per heavy atom. The van der Waals surface area contributed by atoms with Crippen molar-refractivity contribution in [1.82, 2.24) is 5.32 Å². The van der Waals surface area contributed by atoms with Gasteiger partial charge in [0, 0.05) is 31.6 Å². The van der Waals surface area contributed by atoms with Crippen molar-refractivity contribution in [2.24, 2.45) is 11.8 Å². The molecule has 0 aromatic heterocycles. The first kappa shape index (κ1) is 15.1. The Balaban J connectivity index is 1.79. The molecule has 2 fully saturated rings. The molecule has 0 bridgehead atoms. The average Bonchev–Trinajstić information content (AvgIpc) is 3.04. The Morgan fingerprint density at radius 2 is 2.05 bits per heavy atom. The molecule has 2 heterocycles. The van der Waals surface area contributed by atoms with E-state index in [0.29, 0.717) is 17.6 Å². The zero-order valence-corrected chi connectivity index (χ0v) is 12.7. The van der Waals surface area contributed by atoms with Crippen molar-refractivity contribution in [1.29, 1.82) is 0 Å². The van der Waals surface area contributed by atoms with Crippen LogP contribution >= 0.6 is 11.6 Å². The summed E-state index contributed by atoms with van der Waals surface area (Å²) in [6, 6.07) is 4.75. The number of benzene rings is 1. The van der Waals surface area contributed by atoms with Crippen LogP contribution in [0.2, 0.25) is 5.02 Å². The Hall–Kier alpha value is -0.840. The van der Waals surface area contributed by atoms with Gasteiger partial charge in [-0.3, -0.25) is 0 Å². The van der Waals surface area contributed by atoms with Gasteiger partial charge in [0.15, 0.2) is 0 Å². The predicted octanol–water partition coefficient (Wildman–Crippen LogP) is 3.26. The molecule has 2 atom stereocenters. The first-order valence-electron chi connectivity index (χ1n) is 7.65. The zero-order valence-electron chi connectivity index (χ0n) is 12.0. The summed E-state index contributed by atoms with van der Waals surface area (Å²) in [5.41, 5.74) is 0. The third-order valence-electron chi connectivity index (χ3n) is 4.47. The van der Waals surface area contributed by atoms with E-state index in [1.54, 1.807) is 12.1 Å². The van der Waals surface area contributed by atoms with Crippen LogP contribution < -0.4 is 10.1 Å². The lowest BCUT2D eigenvalue weighted by atomic mass is 9.85. The van der Waals surface area contributed by atoms with Crippen LogP contribution in [0.25, 0.3) is 0 Å². The maximum atomic E-state index is 13.6. The molecule has 1 unspecified atom stereocenters. The molecule has 1 aromatic rings. The molecule has 116 valence electrons. The van der Waals surface area contributed by atoms with Crippen molar-refractivity contribution < 1.29 is 13.9 Å². The van der Waals surface area contributed by atoms with E-state index >= 15 is 0 Å². The van der Waals surface area contributed by atoms with Gasteiger partial charge in [-0.15, -0.1) is 0 Å². The highest BCUT2D eigenvalue weighted by atomic mass is 35.5. The molecule has 0 aliphatic carbocycles. The second kappa shape index (κ2) is 6.95. The maximum absolute atomic E-state index is 13.6. The first-order valence-corrected chi connectivity index (χ1v) is 8.02. The minimum atomic E-state index is -0.426. The van der Waals surface area contributed by atoms with Crippen molar-refractivity contribution in [3.8, 4) is 5.75 Å². The normalized spacial score (nSPS) is 25.0. The van der Waals surface area contributed by atoms with E-state index < -0.39 is 5.82 Å². The maximum Gasteiger partial charge on any atom is 0.145 e. The largest absolute Gasteiger partial charge is 0.488 e. The molecule has 2 saturated heterocycles. The van der Waals surface area contributed by atoms with Crippen LogP contribution in [0.1, 0.15) is 19.3 Å². The highest BCUT2D eigenvalue weighted by Gasteiger charge is 2.34. The summed E-state index contributed by atoms with van der Waals surface area (Å²) >= 11 is 6.04. The Labute approximate surface area is 129 Å².